The molecule has 0 spiro atoms. The Bertz CT molecular complexity index is 893. The van der Waals surface area contributed by atoms with Crippen LogP contribution >= 0.6 is 23.2 Å². The fourth-order valence-corrected chi connectivity index (χ4v) is 3.79. The first-order chi connectivity index (χ1) is 11.6. The minimum absolute atomic E-state index is 0.367. The van der Waals surface area contributed by atoms with E-state index in [9.17, 15) is 0 Å². The van der Waals surface area contributed by atoms with Crippen LogP contribution in [0.15, 0.2) is 36.4 Å². The van der Waals surface area contributed by atoms with E-state index in [-0.39, 0.29) is 0 Å². The topological polar surface area (TPSA) is 43.8 Å². The number of aromatic nitrogens is 2. The van der Waals surface area contributed by atoms with E-state index in [1.165, 1.54) is 5.56 Å². The second-order valence-electron chi connectivity index (χ2n) is 6.49. The van der Waals surface area contributed by atoms with Crippen LogP contribution in [-0.4, -0.2) is 15.6 Å². The van der Waals surface area contributed by atoms with Crippen LogP contribution in [0, 0.1) is 0 Å². The highest BCUT2D eigenvalue weighted by Gasteiger charge is 2.27. The van der Waals surface area contributed by atoms with Crippen molar-refractivity contribution in [1.82, 2.24) is 9.55 Å². The lowest BCUT2D eigenvalue weighted by Gasteiger charge is -2.32. The van der Waals surface area contributed by atoms with Gasteiger partial charge >= 0.3 is 0 Å². The number of hydrogen-bond acceptors (Lipinski definition) is 2. The highest BCUT2D eigenvalue weighted by molar-refractivity contribution is 6.42. The van der Waals surface area contributed by atoms with Gasteiger partial charge in [0.15, 0.2) is 0 Å². The maximum absolute atomic E-state index is 6.22. The molecule has 0 amide bonds. The fraction of sp³-hybridized carbons (Fsp3) is 0.316. The van der Waals surface area contributed by atoms with Gasteiger partial charge in [-0.2, -0.15) is 0 Å². The molecule has 1 saturated carbocycles. The molecule has 0 atom stereocenters. The van der Waals surface area contributed by atoms with Crippen LogP contribution in [0.2, 0.25) is 10.0 Å². The number of nitrogens with two attached hydrogens (primary N) is 1. The molecule has 2 aromatic carbocycles. The van der Waals surface area contributed by atoms with Gasteiger partial charge in [0.05, 0.1) is 21.1 Å². The molecular weight excluding hydrogens is 341 g/mol. The van der Waals surface area contributed by atoms with Gasteiger partial charge in [0.1, 0.15) is 5.82 Å². The summed E-state index contributed by atoms with van der Waals surface area (Å²) >= 11 is 12.4. The molecule has 0 saturated heterocycles. The summed E-state index contributed by atoms with van der Waals surface area (Å²) in [5, 5.41) is 1.08. The lowest BCUT2D eigenvalue weighted by atomic mass is 9.76. The number of imidazole rings is 1. The van der Waals surface area contributed by atoms with Gasteiger partial charge < -0.3 is 5.73 Å². The van der Waals surface area contributed by atoms with Gasteiger partial charge in [-0.3, -0.25) is 4.57 Å². The van der Waals surface area contributed by atoms with E-state index in [4.69, 9.17) is 33.9 Å². The van der Waals surface area contributed by atoms with Crippen LogP contribution in [0.4, 0.5) is 0 Å². The molecule has 1 aromatic heterocycles. The minimum Gasteiger partial charge on any atom is -0.328 e. The molecule has 5 heteroatoms. The van der Waals surface area contributed by atoms with Crippen molar-refractivity contribution in [2.75, 3.05) is 0 Å². The Morgan fingerprint density at radius 3 is 2.42 bits per heavy atom. The third kappa shape index (κ3) is 2.61. The third-order valence-electron chi connectivity index (χ3n) is 4.88. The van der Waals surface area contributed by atoms with Crippen molar-refractivity contribution in [2.24, 2.45) is 5.73 Å². The lowest BCUT2D eigenvalue weighted by molar-refractivity contribution is 0.351. The van der Waals surface area contributed by atoms with Gasteiger partial charge in [-0.05, 0) is 48.6 Å². The zero-order valence-electron chi connectivity index (χ0n) is 13.5. The zero-order valence-corrected chi connectivity index (χ0v) is 15.0. The van der Waals surface area contributed by atoms with Gasteiger partial charge in [0, 0.05) is 18.2 Å². The predicted octanol–water partition coefficient (Wildman–Crippen LogP) is 5.10. The molecule has 124 valence electrons. The van der Waals surface area contributed by atoms with Crippen molar-refractivity contribution in [3.63, 3.8) is 0 Å². The van der Waals surface area contributed by atoms with E-state index >= 15 is 0 Å². The van der Waals surface area contributed by atoms with Crippen molar-refractivity contribution in [1.29, 1.82) is 0 Å². The summed E-state index contributed by atoms with van der Waals surface area (Å²) in [6.07, 6.45) is 3.01. The number of hydrogen-bond donors (Lipinski definition) is 1. The zero-order chi connectivity index (χ0) is 16.8. The Balaban J connectivity index is 1.79. The average Bonchev–Trinajstić information content (AvgIpc) is 2.90. The smallest absolute Gasteiger partial charge is 0.114 e. The summed E-state index contributed by atoms with van der Waals surface area (Å²) < 4.78 is 2.16. The normalized spacial score (nSPS) is 20.3. The van der Waals surface area contributed by atoms with Crippen LogP contribution in [0.25, 0.3) is 16.7 Å². The van der Waals surface area contributed by atoms with Crippen LogP contribution in [0.5, 0.6) is 0 Å². The highest BCUT2D eigenvalue weighted by atomic mass is 35.5. The Labute approximate surface area is 151 Å². The van der Waals surface area contributed by atoms with Gasteiger partial charge in [0.25, 0.3) is 0 Å². The first-order valence-electron chi connectivity index (χ1n) is 8.29. The molecule has 3 nitrogen and oxygen atoms in total. The van der Waals surface area contributed by atoms with Crippen LogP contribution in [0.3, 0.4) is 0 Å². The summed E-state index contributed by atoms with van der Waals surface area (Å²) in [5.41, 5.74) is 10.2. The Kier molecular flexibility index (Phi) is 4.03. The van der Waals surface area contributed by atoms with Gasteiger partial charge in [-0.25, -0.2) is 4.98 Å². The molecule has 2 N–H and O–H groups in total. The monoisotopic (exact) mass is 359 g/mol. The standard InChI is InChI=1S/C19H19Cl2N3/c1-2-19-23-17-9-15(20)16(21)10-18(17)24(19)14-5-3-11(4-6-14)12-7-13(22)8-12/h3-6,9-10,12-13H,2,7-8,22H2,1H3/t12-,13+. The second kappa shape index (κ2) is 6.07. The molecule has 1 fully saturated rings. The molecule has 4 rings (SSSR count). The van der Waals surface area contributed by atoms with Crippen LogP contribution < -0.4 is 5.73 Å². The summed E-state index contributed by atoms with van der Waals surface area (Å²) in [6, 6.07) is 12.8. The average molecular weight is 360 g/mol. The molecule has 0 unspecified atom stereocenters. The van der Waals surface area contributed by atoms with Crippen molar-refractivity contribution in [3.05, 3.63) is 57.8 Å². The largest absolute Gasteiger partial charge is 0.328 e. The number of aryl methyl sites for hydroxylation is 1. The molecule has 1 heterocycles. The van der Waals surface area contributed by atoms with Gasteiger partial charge in [0.2, 0.25) is 0 Å². The van der Waals surface area contributed by atoms with Crippen molar-refractivity contribution < 1.29 is 0 Å². The third-order valence-corrected chi connectivity index (χ3v) is 5.60. The predicted molar refractivity (Wildman–Crippen MR) is 100 cm³/mol. The molecule has 0 bridgehead atoms. The molecule has 1 aliphatic carbocycles. The van der Waals surface area contributed by atoms with E-state index in [1.807, 2.05) is 12.1 Å². The van der Waals surface area contributed by atoms with E-state index in [2.05, 4.69) is 35.8 Å². The van der Waals surface area contributed by atoms with E-state index in [0.29, 0.717) is 22.0 Å². The maximum Gasteiger partial charge on any atom is 0.114 e. The molecule has 1 aliphatic rings. The molecular formula is C19H19Cl2N3. The lowest BCUT2D eigenvalue weighted by Crippen LogP contribution is -2.34. The van der Waals surface area contributed by atoms with Gasteiger partial charge in [-0.1, -0.05) is 42.3 Å². The van der Waals surface area contributed by atoms with E-state index in [1.54, 1.807) is 0 Å². The van der Waals surface area contributed by atoms with Gasteiger partial charge in [-0.15, -0.1) is 0 Å². The molecule has 0 aliphatic heterocycles. The van der Waals surface area contributed by atoms with Crippen molar-refractivity contribution in [3.8, 4) is 5.69 Å². The molecule has 24 heavy (non-hydrogen) atoms. The maximum atomic E-state index is 6.22. The summed E-state index contributed by atoms with van der Waals surface area (Å²) in [7, 11) is 0. The first-order valence-corrected chi connectivity index (χ1v) is 9.04. The van der Waals surface area contributed by atoms with Crippen molar-refractivity contribution in [2.45, 2.75) is 38.1 Å². The molecule has 3 aromatic rings. The summed E-state index contributed by atoms with van der Waals surface area (Å²) in [6.45, 7) is 2.10. The Hall–Kier alpha value is -1.55. The Morgan fingerprint density at radius 2 is 1.79 bits per heavy atom. The number of benzene rings is 2. The van der Waals surface area contributed by atoms with Crippen LogP contribution in [0.1, 0.15) is 37.1 Å². The minimum atomic E-state index is 0.367. The summed E-state index contributed by atoms with van der Waals surface area (Å²) in [5.74, 6) is 1.61. The highest BCUT2D eigenvalue weighted by Crippen LogP contribution is 2.36. The molecule has 0 radical (unpaired) electrons. The number of rotatable bonds is 3. The Morgan fingerprint density at radius 1 is 1.12 bits per heavy atom. The first kappa shape index (κ1) is 15.9. The van der Waals surface area contributed by atoms with Crippen LogP contribution in [-0.2, 0) is 6.42 Å². The number of halogens is 2. The second-order valence-corrected chi connectivity index (χ2v) is 7.31. The quantitative estimate of drug-likeness (QED) is 0.706. The SMILES string of the molecule is CCc1nc2cc(Cl)c(Cl)cc2n1-c1ccc([C@H]2C[C@@H](N)C2)cc1. The summed E-state index contributed by atoms with van der Waals surface area (Å²) in [4.78, 5) is 4.71. The van der Waals surface area contributed by atoms with E-state index in [0.717, 1.165) is 41.8 Å². The number of nitrogens with zero attached hydrogens (tertiary/aromatic N) is 2. The van der Waals surface area contributed by atoms with E-state index < -0.39 is 0 Å². The fourth-order valence-electron chi connectivity index (χ4n) is 3.48. The van der Waals surface area contributed by atoms with Crippen molar-refractivity contribution >= 4 is 34.2 Å². The number of fused-ring (bicyclic) bond motifs is 1.